The summed E-state index contributed by atoms with van der Waals surface area (Å²) in [6.45, 7) is 2.20. The lowest BCUT2D eigenvalue weighted by molar-refractivity contribution is -0.485. The molecule has 0 atom stereocenters. The lowest BCUT2D eigenvalue weighted by Gasteiger charge is -2.01. The molecule has 120 valence electrons. The highest BCUT2D eigenvalue weighted by Crippen LogP contribution is 2.23. The van der Waals surface area contributed by atoms with Crippen molar-refractivity contribution in [1.29, 1.82) is 0 Å². The molecule has 2 aliphatic rings. The number of thioether (sulfide) groups is 2. The molecule has 1 N–H and O–H groups in total. The Bertz CT molecular complexity index is 733. The van der Waals surface area contributed by atoms with Crippen LogP contribution >= 0.6 is 23.5 Å². The maximum absolute atomic E-state index is 10.1. The van der Waals surface area contributed by atoms with Gasteiger partial charge in [0.15, 0.2) is 13.1 Å². The molecule has 0 saturated carbocycles. The molecule has 3 rings (SSSR count). The average Bonchev–Trinajstić information content (AvgIpc) is 3.13. The Hall–Kier alpha value is -1.46. The second kappa shape index (κ2) is 7.41. The largest absolute Gasteiger partial charge is 0.507 e. The number of aromatic hydroxyl groups is 1. The van der Waals surface area contributed by atoms with Crippen molar-refractivity contribution in [2.45, 2.75) is 0 Å². The maximum atomic E-state index is 10.1. The van der Waals surface area contributed by atoms with E-state index >= 15 is 0 Å². The SMILES string of the molecule is C[N+]1=C(/C=C/c2ccc(O)c(/C=C/C3=[N+](C)CCS3)c2)SCC1. The van der Waals surface area contributed by atoms with Gasteiger partial charge in [-0.15, -0.1) is 0 Å². The van der Waals surface area contributed by atoms with Crippen molar-refractivity contribution in [3.63, 3.8) is 0 Å². The third kappa shape index (κ3) is 4.09. The van der Waals surface area contributed by atoms with Gasteiger partial charge in [0.1, 0.15) is 19.8 Å². The molecule has 0 unspecified atom stereocenters. The van der Waals surface area contributed by atoms with Crippen LogP contribution in [0.4, 0.5) is 0 Å². The summed E-state index contributed by atoms with van der Waals surface area (Å²) in [6.07, 6.45) is 8.37. The predicted octanol–water partition coefficient (Wildman–Crippen LogP) is 2.99. The van der Waals surface area contributed by atoms with Crippen LogP contribution < -0.4 is 0 Å². The number of phenolic OH excluding ortho intramolecular Hbond substituents is 1. The molecule has 1 aromatic rings. The summed E-state index contributed by atoms with van der Waals surface area (Å²) < 4.78 is 4.51. The summed E-state index contributed by atoms with van der Waals surface area (Å²) in [5.41, 5.74) is 1.96. The minimum Gasteiger partial charge on any atom is -0.507 e. The highest BCUT2D eigenvalue weighted by Gasteiger charge is 2.17. The number of phenols is 1. The van der Waals surface area contributed by atoms with E-state index in [2.05, 4.69) is 41.5 Å². The molecule has 0 saturated heterocycles. The summed E-state index contributed by atoms with van der Waals surface area (Å²) in [5, 5.41) is 12.6. The van der Waals surface area contributed by atoms with Crippen molar-refractivity contribution in [2.75, 3.05) is 38.7 Å². The van der Waals surface area contributed by atoms with E-state index in [4.69, 9.17) is 0 Å². The first kappa shape index (κ1) is 16.4. The zero-order valence-electron chi connectivity index (χ0n) is 13.5. The van der Waals surface area contributed by atoms with Gasteiger partial charge in [0.25, 0.3) is 0 Å². The fourth-order valence-electron chi connectivity index (χ4n) is 2.50. The quantitative estimate of drug-likeness (QED) is 0.849. The maximum Gasteiger partial charge on any atom is 0.234 e. The fraction of sp³-hybridized carbons (Fsp3) is 0.333. The molecule has 2 heterocycles. The lowest BCUT2D eigenvalue weighted by atomic mass is 10.1. The summed E-state index contributed by atoms with van der Waals surface area (Å²) >= 11 is 3.74. The first-order valence-electron chi connectivity index (χ1n) is 7.74. The van der Waals surface area contributed by atoms with Gasteiger partial charge in [-0.2, -0.15) is 0 Å². The number of benzene rings is 1. The van der Waals surface area contributed by atoms with Crippen LogP contribution in [-0.4, -0.2) is 63.0 Å². The number of hydrogen-bond acceptors (Lipinski definition) is 3. The molecule has 0 spiro atoms. The van der Waals surface area contributed by atoms with Crippen molar-refractivity contribution in [2.24, 2.45) is 0 Å². The van der Waals surface area contributed by atoms with E-state index in [9.17, 15) is 5.11 Å². The van der Waals surface area contributed by atoms with Crippen LogP contribution in [0.3, 0.4) is 0 Å². The molecule has 0 bridgehead atoms. The molecule has 23 heavy (non-hydrogen) atoms. The first-order valence-corrected chi connectivity index (χ1v) is 9.71. The minimum atomic E-state index is 0.324. The van der Waals surface area contributed by atoms with E-state index in [1.807, 2.05) is 41.7 Å². The Balaban J connectivity index is 1.79. The van der Waals surface area contributed by atoms with Gasteiger partial charge in [-0.25, -0.2) is 9.15 Å². The van der Waals surface area contributed by atoms with E-state index in [1.165, 1.54) is 10.1 Å². The van der Waals surface area contributed by atoms with Gasteiger partial charge in [-0.05, 0) is 29.8 Å². The summed E-state index contributed by atoms with van der Waals surface area (Å²) in [5.74, 6) is 2.61. The van der Waals surface area contributed by atoms with Crippen LogP contribution in [0.1, 0.15) is 11.1 Å². The molecule has 0 amide bonds. The fourth-order valence-corrected chi connectivity index (χ4v) is 4.60. The Morgan fingerprint density at radius 3 is 2.09 bits per heavy atom. The molecule has 3 nitrogen and oxygen atoms in total. The number of nitrogens with zero attached hydrogens (tertiary/aromatic N) is 2. The Morgan fingerprint density at radius 1 is 0.913 bits per heavy atom. The third-order valence-corrected chi connectivity index (χ3v) is 6.24. The second-order valence-electron chi connectivity index (χ2n) is 5.70. The first-order chi connectivity index (χ1) is 11.1. The highest BCUT2D eigenvalue weighted by atomic mass is 32.2. The van der Waals surface area contributed by atoms with Gasteiger partial charge in [-0.1, -0.05) is 29.6 Å². The molecule has 0 fully saturated rings. The zero-order valence-corrected chi connectivity index (χ0v) is 15.2. The second-order valence-corrected chi connectivity index (χ2v) is 7.93. The highest BCUT2D eigenvalue weighted by molar-refractivity contribution is 8.14. The van der Waals surface area contributed by atoms with Crippen molar-refractivity contribution < 1.29 is 14.3 Å². The molecular weight excluding hydrogens is 324 g/mol. The van der Waals surface area contributed by atoms with Crippen LogP contribution in [0.25, 0.3) is 12.2 Å². The Morgan fingerprint density at radius 2 is 1.52 bits per heavy atom. The topological polar surface area (TPSA) is 26.2 Å². The molecular formula is C18H22N2OS2+2. The predicted molar refractivity (Wildman–Crippen MR) is 103 cm³/mol. The van der Waals surface area contributed by atoms with Gasteiger partial charge in [0.2, 0.25) is 10.1 Å². The minimum absolute atomic E-state index is 0.324. The molecule has 0 aliphatic carbocycles. The van der Waals surface area contributed by atoms with Crippen molar-refractivity contribution in [3.8, 4) is 5.75 Å². The molecule has 1 aromatic carbocycles. The van der Waals surface area contributed by atoms with Crippen LogP contribution in [0.5, 0.6) is 5.75 Å². The third-order valence-electron chi connectivity index (χ3n) is 3.98. The van der Waals surface area contributed by atoms with Gasteiger partial charge in [-0.3, -0.25) is 0 Å². The normalized spacial score (nSPS) is 19.0. The molecule has 2 aliphatic heterocycles. The van der Waals surface area contributed by atoms with Crippen molar-refractivity contribution >= 4 is 45.8 Å². The standard InChI is InChI=1S/C18H21N2OS2/c1-19-9-11-22-17(19)7-4-14-3-6-16(21)15(13-14)5-8-18-20(2)10-12-23-18/h3-8,13H,9-12H2,1-2H3/q+1/p+1. The van der Waals surface area contributed by atoms with E-state index in [0.29, 0.717) is 5.75 Å². The molecule has 5 heteroatoms. The monoisotopic (exact) mass is 346 g/mol. The molecule has 0 radical (unpaired) electrons. The van der Waals surface area contributed by atoms with Gasteiger partial charge >= 0.3 is 0 Å². The summed E-state index contributed by atoms with van der Waals surface area (Å²) in [6, 6.07) is 5.75. The van der Waals surface area contributed by atoms with Gasteiger partial charge in [0, 0.05) is 17.7 Å². The number of hydrogen-bond donors (Lipinski definition) is 1. The van der Waals surface area contributed by atoms with Crippen LogP contribution in [0.15, 0.2) is 30.4 Å². The van der Waals surface area contributed by atoms with Gasteiger partial charge in [0.05, 0.1) is 11.5 Å². The smallest absolute Gasteiger partial charge is 0.234 e. The average molecular weight is 347 g/mol. The van der Waals surface area contributed by atoms with E-state index in [0.717, 1.165) is 35.7 Å². The van der Waals surface area contributed by atoms with Crippen molar-refractivity contribution in [3.05, 3.63) is 41.5 Å². The van der Waals surface area contributed by atoms with Crippen LogP contribution in [-0.2, 0) is 0 Å². The number of rotatable bonds is 4. The zero-order chi connectivity index (χ0) is 16.2. The van der Waals surface area contributed by atoms with Gasteiger partial charge < -0.3 is 5.11 Å². The summed E-state index contributed by atoms with van der Waals surface area (Å²) in [4.78, 5) is 0. The van der Waals surface area contributed by atoms with Crippen LogP contribution in [0, 0.1) is 0 Å². The molecule has 0 aromatic heterocycles. The lowest BCUT2D eigenvalue weighted by Crippen LogP contribution is -2.06. The Labute approximate surface area is 146 Å². The van der Waals surface area contributed by atoms with Crippen molar-refractivity contribution in [1.82, 2.24) is 0 Å². The Kier molecular flexibility index (Phi) is 5.28. The van der Waals surface area contributed by atoms with Crippen LogP contribution in [0.2, 0.25) is 0 Å². The van der Waals surface area contributed by atoms with E-state index in [1.54, 1.807) is 6.07 Å². The summed E-state index contributed by atoms with van der Waals surface area (Å²) in [7, 11) is 4.23. The van der Waals surface area contributed by atoms with E-state index in [-0.39, 0.29) is 0 Å². The van der Waals surface area contributed by atoms with E-state index < -0.39 is 0 Å².